The van der Waals surface area contributed by atoms with Crippen LogP contribution < -0.4 is 29.2 Å². The maximum absolute atomic E-state index is 12.7. The maximum atomic E-state index is 12.7. The summed E-state index contributed by atoms with van der Waals surface area (Å²) in [6.07, 6.45) is 0.789. The molecule has 9 nitrogen and oxygen atoms in total. The van der Waals surface area contributed by atoms with Crippen LogP contribution in [0.2, 0.25) is 5.15 Å². The normalized spacial score (nSPS) is 11.7. The highest BCUT2D eigenvalue weighted by atomic mass is 35.5. The number of fused-ring (bicyclic) bond motifs is 1. The zero-order valence-electron chi connectivity index (χ0n) is 23.6. The van der Waals surface area contributed by atoms with E-state index in [1.165, 1.54) is 11.8 Å². The Balaban J connectivity index is 1.13. The fourth-order valence-electron chi connectivity index (χ4n) is 4.33. The molecule has 0 bridgehead atoms. The summed E-state index contributed by atoms with van der Waals surface area (Å²) >= 11 is 7.83. The topological polar surface area (TPSA) is 95.0 Å². The zero-order valence-corrected chi connectivity index (χ0v) is 25.1. The molecule has 0 spiro atoms. The number of anilines is 1. The van der Waals surface area contributed by atoms with Gasteiger partial charge in [0.25, 0.3) is 5.91 Å². The number of amides is 1. The molecule has 1 amide bonds. The second-order valence-electron chi connectivity index (χ2n) is 9.55. The van der Waals surface area contributed by atoms with Crippen LogP contribution in [0.3, 0.4) is 0 Å². The molecule has 0 saturated carbocycles. The average Bonchev–Trinajstić information content (AvgIpc) is 3.49. The summed E-state index contributed by atoms with van der Waals surface area (Å²) in [6.45, 7) is 1.34. The number of carbonyl (C=O) groups is 1. The van der Waals surface area contributed by atoms with Gasteiger partial charge in [0.15, 0.2) is 28.2 Å². The van der Waals surface area contributed by atoms with Crippen molar-refractivity contribution in [3.63, 3.8) is 0 Å². The van der Waals surface area contributed by atoms with E-state index in [0.717, 1.165) is 41.2 Å². The number of nitrogens with one attached hydrogen (secondary N) is 1. The number of methoxy groups -OCH3 is 2. The average molecular weight is 607 g/mol. The molecule has 3 aromatic carbocycles. The molecule has 0 aliphatic carbocycles. The van der Waals surface area contributed by atoms with Crippen LogP contribution >= 0.6 is 23.4 Å². The summed E-state index contributed by atoms with van der Waals surface area (Å²) in [5.41, 5.74) is 3.69. The van der Waals surface area contributed by atoms with E-state index in [9.17, 15) is 4.79 Å². The summed E-state index contributed by atoms with van der Waals surface area (Å²) in [6, 6.07) is 20.8. The molecule has 42 heavy (non-hydrogen) atoms. The lowest BCUT2D eigenvalue weighted by Crippen LogP contribution is -2.22. The largest absolute Gasteiger partial charge is 0.493 e. The van der Waals surface area contributed by atoms with Crippen LogP contribution in [-0.4, -0.2) is 50.5 Å². The summed E-state index contributed by atoms with van der Waals surface area (Å²) in [5, 5.41) is 3.92. The molecule has 0 radical (unpaired) electrons. The molecule has 1 N–H and O–H groups in total. The van der Waals surface area contributed by atoms with Crippen LogP contribution in [0.25, 0.3) is 0 Å². The first-order valence-electron chi connectivity index (χ1n) is 13.3. The minimum atomic E-state index is -0.147. The zero-order chi connectivity index (χ0) is 29.5. The van der Waals surface area contributed by atoms with Crippen molar-refractivity contribution in [3.8, 4) is 23.0 Å². The van der Waals surface area contributed by atoms with E-state index < -0.39 is 0 Å². The molecule has 0 fully saturated rings. The molecule has 0 atom stereocenters. The highest BCUT2D eigenvalue weighted by Gasteiger charge is 2.14. The number of likely N-dealkylation sites (N-methyl/N-ethyl adjacent to an activating group) is 1. The van der Waals surface area contributed by atoms with Crippen LogP contribution in [0.5, 0.6) is 23.0 Å². The molecule has 5 rings (SSSR count). The minimum absolute atomic E-state index is 0.147. The van der Waals surface area contributed by atoms with E-state index in [4.69, 9.17) is 35.5 Å². The van der Waals surface area contributed by atoms with Crippen molar-refractivity contribution in [1.29, 1.82) is 0 Å². The fourth-order valence-corrected chi connectivity index (χ4v) is 5.37. The second kappa shape index (κ2) is 13.7. The fraction of sp³-hybridized carbons (Fsp3) is 0.258. The molecule has 218 valence electrons. The van der Waals surface area contributed by atoms with E-state index in [-0.39, 0.29) is 12.7 Å². The number of ether oxygens (including phenoxy) is 4. The van der Waals surface area contributed by atoms with Crippen molar-refractivity contribution in [2.75, 3.05) is 39.5 Å². The van der Waals surface area contributed by atoms with Gasteiger partial charge >= 0.3 is 0 Å². The third-order valence-corrected chi connectivity index (χ3v) is 7.82. The summed E-state index contributed by atoms with van der Waals surface area (Å²) < 4.78 is 21.5. The SMILES string of the molecule is COc1ccc(CCN(C)c2cc(Cl)nc(SCc3ccc(C(=O)NCc4ccc5c(c4)OCO5)cc3)n2)cc1OC. The van der Waals surface area contributed by atoms with E-state index in [0.29, 0.717) is 45.4 Å². The van der Waals surface area contributed by atoms with Crippen LogP contribution in [-0.2, 0) is 18.7 Å². The Labute approximate surface area is 254 Å². The third kappa shape index (κ3) is 7.37. The number of halogens is 1. The molecule has 1 aliphatic heterocycles. The van der Waals surface area contributed by atoms with Gasteiger partial charge in [-0.25, -0.2) is 9.97 Å². The predicted octanol–water partition coefficient (Wildman–Crippen LogP) is 5.78. The first-order chi connectivity index (χ1) is 20.4. The molecule has 0 saturated heterocycles. The van der Waals surface area contributed by atoms with Gasteiger partial charge in [0, 0.05) is 37.5 Å². The number of benzene rings is 3. The van der Waals surface area contributed by atoms with Crippen molar-refractivity contribution in [2.24, 2.45) is 0 Å². The summed E-state index contributed by atoms with van der Waals surface area (Å²) in [5.74, 6) is 4.05. The Kier molecular flexibility index (Phi) is 9.55. The van der Waals surface area contributed by atoms with Gasteiger partial charge in [-0.15, -0.1) is 0 Å². The van der Waals surface area contributed by atoms with Gasteiger partial charge < -0.3 is 29.2 Å². The number of nitrogens with zero attached hydrogens (tertiary/aromatic N) is 3. The standard InChI is InChI=1S/C31H31ClN4O5S/c1-36(13-12-20-6-10-24(38-2)26(14-20)39-3)29-16-28(32)34-31(35-29)42-18-21-4-8-23(9-5-21)30(37)33-17-22-7-11-25-27(15-22)41-19-40-25/h4-11,14-16H,12-13,17-19H2,1-3H3,(H,33,37). The Morgan fingerprint density at radius 3 is 2.45 bits per heavy atom. The van der Waals surface area contributed by atoms with Gasteiger partial charge in [0.2, 0.25) is 6.79 Å². The molecular formula is C31H31ClN4O5S. The molecule has 2 heterocycles. The molecule has 0 unspecified atom stereocenters. The van der Waals surface area contributed by atoms with Gasteiger partial charge in [0.1, 0.15) is 11.0 Å². The lowest BCUT2D eigenvalue weighted by molar-refractivity contribution is 0.0951. The minimum Gasteiger partial charge on any atom is -0.493 e. The van der Waals surface area contributed by atoms with Crippen LogP contribution in [0.1, 0.15) is 27.0 Å². The predicted molar refractivity (Wildman–Crippen MR) is 163 cm³/mol. The number of rotatable bonds is 12. The third-order valence-electron chi connectivity index (χ3n) is 6.71. The maximum Gasteiger partial charge on any atom is 0.251 e. The molecule has 4 aromatic rings. The number of hydrogen-bond donors (Lipinski definition) is 1. The van der Waals surface area contributed by atoms with Gasteiger partial charge in [-0.2, -0.15) is 0 Å². The van der Waals surface area contributed by atoms with E-state index in [1.807, 2.05) is 72.6 Å². The highest BCUT2D eigenvalue weighted by Crippen LogP contribution is 2.32. The van der Waals surface area contributed by atoms with E-state index >= 15 is 0 Å². The van der Waals surface area contributed by atoms with Crippen molar-refractivity contribution in [3.05, 3.63) is 94.1 Å². The van der Waals surface area contributed by atoms with Gasteiger partial charge in [-0.05, 0) is 59.5 Å². The molecule has 1 aromatic heterocycles. The highest BCUT2D eigenvalue weighted by molar-refractivity contribution is 7.98. The lowest BCUT2D eigenvalue weighted by Gasteiger charge is -2.19. The van der Waals surface area contributed by atoms with Gasteiger partial charge in [0.05, 0.1) is 14.2 Å². The second-order valence-corrected chi connectivity index (χ2v) is 10.9. The molecule has 11 heteroatoms. The Morgan fingerprint density at radius 2 is 1.67 bits per heavy atom. The smallest absolute Gasteiger partial charge is 0.251 e. The van der Waals surface area contributed by atoms with Crippen LogP contribution in [0.15, 0.2) is 71.9 Å². The Morgan fingerprint density at radius 1 is 0.929 bits per heavy atom. The van der Waals surface area contributed by atoms with Crippen molar-refractivity contribution < 1.29 is 23.7 Å². The number of thioether (sulfide) groups is 1. The Hall–Kier alpha value is -4.15. The monoisotopic (exact) mass is 606 g/mol. The van der Waals surface area contributed by atoms with Crippen molar-refractivity contribution in [1.82, 2.24) is 15.3 Å². The van der Waals surface area contributed by atoms with Gasteiger partial charge in [-0.1, -0.05) is 47.6 Å². The first kappa shape index (κ1) is 29.3. The number of carbonyl (C=O) groups excluding carboxylic acids is 1. The molecular weight excluding hydrogens is 576 g/mol. The Bertz CT molecular complexity index is 1550. The quantitative estimate of drug-likeness (QED) is 0.122. The first-order valence-corrected chi connectivity index (χ1v) is 14.6. The van der Waals surface area contributed by atoms with E-state index in [2.05, 4.69) is 10.3 Å². The summed E-state index contributed by atoms with van der Waals surface area (Å²) in [4.78, 5) is 23.8. The number of hydrogen-bond acceptors (Lipinski definition) is 9. The van der Waals surface area contributed by atoms with Gasteiger partial charge in [-0.3, -0.25) is 4.79 Å². The summed E-state index contributed by atoms with van der Waals surface area (Å²) in [7, 11) is 5.23. The lowest BCUT2D eigenvalue weighted by atomic mass is 10.1. The van der Waals surface area contributed by atoms with Crippen LogP contribution in [0, 0.1) is 0 Å². The number of aromatic nitrogens is 2. The van der Waals surface area contributed by atoms with Crippen LogP contribution in [0.4, 0.5) is 5.82 Å². The van der Waals surface area contributed by atoms with Crippen molar-refractivity contribution in [2.45, 2.75) is 23.9 Å². The van der Waals surface area contributed by atoms with E-state index in [1.54, 1.807) is 20.3 Å². The molecule has 1 aliphatic rings. The van der Waals surface area contributed by atoms with Crippen molar-refractivity contribution >= 4 is 35.1 Å².